The van der Waals surface area contributed by atoms with Crippen LogP contribution < -0.4 is 9.47 Å². The second-order valence-corrected chi connectivity index (χ2v) is 9.51. The highest BCUT2D eigenvalue weighted by atomic mass is 16.5. The molecule has 1 aromatic heterocycles. The summed E-state index contributed by atoms with van der Waals surface area (Å²) in [4.78, 5) is 4.37. The van der Waals surface area contributed by atoms with E-state index in [2.05, 4.69) is 74.0 Å². The van der Waals surface area contributed by atoms with Crippen LogP contribution in [0.2, 0.25) is 0 Å². The van der Waals surface area contributed by atoms with Gasteiger partial charge in [0, 0.05) is 23.4 Å². The average Bonchev–Trinajstić information content (AvgIpc) is 2.90. The van der Waals surface area contributed by atoms with Crippen molar-refractivity contribution in [3.8, 4) is 23.5 Å². The molecule has 1 heterocycles. The summed E-state index contributed by atoms with van der Waals surface area (Å²) in [5.41, 5.74) is 1.87. The van der Waals surface area contributed by atoms with Crippen LogP contribution in [0.15, 0.2) is 54.7 Å². The fourth-order valence-corrected chi connectivity index (χ4v) is 3.85. The first-order chi connectivity index (χ1) is 17.2. The molecule has 0 unspecified atom stereocenters. The summed E-state index contributed by atoms with van der Waals surface area (Å²) in [5.74, 6) is 8.59. The van der Waals surface area contributed by atoms with Crippen LogP contribution in [0.5, 0.6) is 11.6 Å². The monoisotopic (exact) mass is 471 g/mol. The largest absolute Gasteiger partial charge is 0.494 e. The van der Waals surface area contributed by atoms with E-state index in [-0.39, 0.29) is 0 Å². The predicted molar refractivity (Wildman–Crippen MR) is 147 cm³/mol. The zero-order valence-electron chi connectivity index (χ0n) is 21.8. The van der Waals surface area contributed by atoms with Gasteiger partial charge >= 0.3 is 0 Å². The highest BCUT2D eigenvalue weighted by Gasteiger charge is 2.02. The Balaban J connectivity index is 1.46. The fourth-order valence-electron chi connectivity index (χ4n) is 3.85. The summed E-state index contributed by atoms with van der Waals surface area (Å²) in [6, 6.07) is 16.5. The van der Waals surface area contributed by atoms with Crippen LogP contribution in [0, 0.1) is 17.8 Å². The number of hydrogen-bond donors (Lipinski definition) is 0. The van der Waals surface area contributed by atoms with E-state index in [1.165, 1.54) is 55.7 Å². The Kier molecular flexibility index (Phi) is 11.5. The Morgan fingerprint density at radius 2 is 1.43 bits per heavy atom. The Morgan fingerprint density at radius 3 is 2.17 bits per heavy atom. The second-order valence-electron chi connectivity index (χ2n) is 9.51. The minimum Gasteiger partial charge on any atom is -0.494 e. The molecule has 0 saturated heterocycles. The average molecular weight is 472 g/mol. The number of unbranched alkanes of at least 4 members (excludes halogenated alkanes) is 7. The summed E-state index contributed by atoms with van der Waals surface area (Å²) in [7, 11) is 0. The van der Waals surface area contributed by atoms with E-state index < -0.39 is 0 Å². The molecule has 0 spiro atoms. The van der Waals surface area contributed by atoms with Crippen LogP contribution in [-0.4, -0.2) is 18.2 Å². The lowest BCUT2D eigenvalue weighted by Crippen LogP contribution is -2.07. The highest BCUT2D eigenvalue weighted by Crippen LogP contribution is 2.22. The molecule has 0 bridgehead atoms. The molecule has 0 radical (unpaired) electrons. The van der Waals surface area contributed by atoms with Gasteiger partial charge in [-0.05, 0) is 53.4 Å². The van der Waals surface area contributed by atoms with Crippen LogP contribution in [0.1, 0.15) is 89.7 Å². The second kappa shape index (κ2) is 15.1. The molecule has 35 heavy (non-hydrogen) atoms. The van der Waals surface area contributed by atoms with Gasteiger partial charge < -0.3 is 9.47 Å². The van der Waals surface area contributed by atoms with Crippen molar-refractivity contribution < 1.29 is 9.47 Å². The summed E-state index contributed by atoms with van der Waals surface area (Å²) in [6.07, 6.45) is 13.4. The predicted octanol–water partition coefficient (Wildman–Crippen LogP) is 8.58. The first-order valence-corrected chi connectivity index (χ1v) is 13.5. The summed E-state index contributed by atoms with van der Waals surface area (Å²) >= 11 is 0. The Morgan fingerprint density at radius 1 is 0.743 bits per heavy atom. The van der Waals surface area contributed by atoms with Gasteiger partial charge in [-0.3, -0.25) is 0 Å². The smallest absolute Gasteiger partial charge is 0.213 e. The maximum absolute atomic E-state index is 6.00. The van der Waals surface area contributed by atoms with Crippen LogP contribution in [0.25, 0.3) is 10.8 Å². The van der Waals surface area contributed by atoms with Crippen LogP contribution in [0.3, 0.4) is 0 Å². The normalized spacial score (nSPS) is 11.6. The number of rotatable bonds is 14. The van der Waals surface area contributed by atoms with Gasteiger partial charge in [-0.2, -0.15) is 0 Å². The third-order valence-electron chi connectivity index (χ3n) is 6.38. The van der Waals surface area contributed by atoms with Gasteiger partial charge in [0.05, 0.1) is 13.2 Å². The molecule has 0 fully saturated rings. The highest BCUT2D eigenvalue weighted by molar-refractivity contribution is 5.85. The minimum absolute atomic E-state index is 0.529. The number of hydrogen-bond acceptors (Lipinski definition) is 3. The van der Waals surface area contributed by atoms with Gasteiger partial charge in [0.2, 0.25) is 5.88 Å². The van der Waals surface area contributed by atoms with E-state index in [9.17, 15) is 0 Å². The fraction of sp³-hybridized carbons (Fsp3) is 0.469. The number of aromatic nitrogens is 1. The molecule has 3 nitrogen and oxygen atoms in total. The van der Waals surface area contributed by atoms with Crippen molar-refractivity contribution in [2.24, 2.45) is 5.92 Å². The molecule has 3 rings (SSSR count). The number of benzene rings is 2. The molecule has 0 N–H and O–H groups in total. The third-order valence-corrected chi connectivity index (χ3v) is 6.38. The molecule has 0 aliphatic rings. The van der Waals surface area contributed by atoms with Gasteiger partial charge in [-0.15, -0.1) is 0 Å². The molecule has 3 heteroatoms. The summed E-state index contributed by atoms with van der Waals surface area (Å²) in [6.45, 7) is 8.09. The maximum atomic E-state index is 6.00. The SMILES string of the molecule is CCCCCCCCCCOc1ccc2cc(C#Cc3ccc(OC[C@@H](C)CC)nc3)ccc2c1. The Hall–Kier alpha value is -2.99. The lowest BCUT2D eigenvalue weighted by atomic mass is 10.1. The third kappa shape index (κ3) is 9.65. The lowest BCUT2D eigenvalue weighted by Gasteiger charge is -2.09. The summed E-state index contributed by atoms with van der Waals surface area (Å²) in [5, 5.41) is 2.34. The zero-order valence-corrected chi connectivity index (χ0v) is 21.8. The van der Waals surface area contributed by atoms with E-state index >= 15 is 0 Å². The van der Waals surface area contributed by atoms with E-state index in [4.69, 9.17) is 9.47 Å². The topological polar surface area (TPSA) is 31.4 Å². The first kappa shape index (κ1) is 26.6. The first-order valence-electron chi connectivity index (χ1n) is 13.5. The standard InChI is InChI=1S/C32H41NO2/c1-4-6-7-8-9-10-11-12-21-34-31-19-18-29-22-27(15-17-30(29)23-31)13-14-28-16-20-32(33-24-28)35-25-26(3)5-2/h15-20,22-24,26H,4-12,21,25H2,1-3H3/t26-/m0/s1. The molecule has 0 aliphatic heterocycles. The van der Waals surface area contributed by atoms with Crippen LogP contribution in [-0.2, 0) is 0 Å². The lowest BCUT2D eigenvalue weighted by molar-refractivity contribution is 0.248. The van der Waals surface area contributed by atoms with E-state index in [1.807, 2.05) is 12.1 Å². The van der Waals surface area contributed by atoms with Gasteiger partial charge in [0.1, 0.15) is 5.75 Å². The van der Waals surface area contributed by atoms with Crippen molar-refractivity contribution in [2.45, 2.75) is 78.6 Å². The number of fused-ring (bicyclic) bond motifs is 1. The van der Waals surface area contributed by atoms with Crippen molar-refractivity contribution in [2.75, 3.05) is 13.2 Å². The molecule has 2 aromatic carbocycles. The van der Waals surface area contributed by atoms with Gasteiger partial charge in [0.15, 0.2) is 0 Å². The number of nitrogens with zero attached hydrogens (tertiary/aromatic N) is 1. The zero-order chi connectivity index (χ0) is 24.7. The molecule has 0 aliphatic carbocycles. The summed E-state index contributed by atoms with van der Waals surface area (Å²) < 4.78 is 11.7. The minimum atomic E-state index is 0.529. The molecule has 0 amide bonds. The molecule has 3 aromatic rings. The van der Waals surface area contributed by atoms with Crippen molar-refractivity contribution in [3.05, 3.63) is 65.9 Å². The van der Waals surface area contributed by atoms with Crippen LogP contribution in [0.4, 0.5) is 0 Å². The van der Waals surface area contributed by atoms with Crippen molar-refractivity contribution in [1.29, 1.82) is 0 Å². The Bertz CT molecular complexity index is 1080. The van der Waals surface area contributed by atoms with Gasteiger partial charge in [-0.25, -0.2) is 4.98 Å². The molecule has 0 saturated carbocycles. The quantitative estimate of drug-likeness (QED) is 0.174. The molecular weight excluding hydrogens is 430 g/mol. The van der Waals surface area contributed by atoms with Crippen molar-refractivity contribution in [3.63, 3.8) is 0 Å². The number of pyridine rings is 1. The molecule has 186 valence electrons. The molecule has 1 atom stereocenters. The van der Waals surface area contributed by atoms with E-state index in [0.29, 0.717) is 18.4 Å². The van der Waals surface area contributed by atoms with E-state index in [0.717, 1.165) is 36.3 Å². The number of ether oxygens (including phenoxy) is 2. The molecular formula is C32H41NO2. The van der Waals surface area contributed by atoms with Gasteiger partial charge in [-0.1, -0.05) is 96.1 Å². The Labute approximate surface area is 212 Å². The van der Waals surface area contributed by atoms with Crippen LogP contribution >= 0.6 is 0 Å². The van der Waals surface area contributed by atoms with Crippen molar-refractivity contribution in [1.82, 2.24) is 4.98 Å². The van der Waals surface area contributed by atoms with Crippen molar-refractivity contribution >= 4 is 10.8 Å². The maximum Gasteiger partial charge on any atom is 0.213 e. The van der Waals surface area contributed by atoms with E-state index in [1.54, 1.807) is 6.20 Å². The van der Waals surface area contributed by atoms with Gasteiger partial charge in [0.25, 0.3) is 0 Å².